The number of nitrogens with zero attached hydrogens (tertiary/aromatic N) is 1. The Hall–Kier alpha value is -2.01. The van der Waals surface area contributed by atoms with Gasteiger partial charge in [-0.05, 0) is 54.9 Å². The Morgan fingerprint density at radius 1 is 1.07 bits per heavy atom. The third-order valence-corrected chi connectivity index (χ3v) is 5.56. The standard InChI is InChI=1S/C22H30N2O2S/c1-25-20-13-11-18(12-14-20)16-24(17-21-10-7-15-26-21)22(27)23-19-8-5-3-2-4-6-9-19/h7,10-15,19H,2-6,8-9,16-17H2,1H3,(H,23,27). The second-order valence-electron chi connectivity index (χ2n) is 7.28. The van der Waals surface area contributed by atoms with Gasteiger partial charge in [-0.1, -0.05) is 44.2 Å². The monoisotopic (exact) mass is 386 g/mol. The lowest BCUT2D eigenvalue weighted by Gasteiger charge is -2.29. The number of furan rings is 1. The minimum Gasteiger partial charge on any atom is -0.497 e. The van der Waals surface area contributed by atoms with Gasteiger partial charge in [-0.2, -0.15) is 0 Å². The molecule has 1 aromatic carbocycles. The average molecular weight is 387 g/mol. The van der Waals surface area contributed by atoms with Gasteiger partial charge in [0.15, 0.2) is 5.11 Å². The summed E-state index contributed by atoms with van der Waals surface area (Å²) in [6.07, 6.45) is 10.8. The van der Waals surface area contributed by atoms with Crippen LogP contribution in [0.4, 0.5) is 0 Å². The summed E-state index contributed by atoms with van der Waals surface area (Å²) in [5.74, 6) is 1.79. The molecule has 0 radical (unpaired) electrons. The van der Waals surface area contributed by atoms with E-state index in [1.54, 1.807) is 13.4 Å². The number of hydrogen-bond acceptors (Lipinski definition) is 3. The molecule has 1 N–H and O–H groups in total. The van der Waals surface area contributed by atoms with E-state index in [-0.39, 0.29) is 0 Å². The van der Waals surface area contributed by atoms with Gasteiger partial charge < -0.3 is 19.4 Å². The molecule has 0 saturated heterocycles. The maximum atomic E-state index is 5.80. The first kappa shape index (κ1) is 19.7. The molecule has 1 aliphatic carbocycles. The van der Waals surface area contributed by atoms with E-state index in [1.165, 1.54) is 50.5 Å². The van der Waals surface area contributed by atoms with Crippen LogP contribution in [0.15, 0.2) is 47.1 Å². The zero-order valence-corrected chi connectivity index (χ0v) is 17.0. The average Bonchev–Trinajstić information content (AvgIpc) is 3.17. The smallest absolute Gasteiger partial charge is 0.169 e. The lowest BCUT2D eigenvalue weighted by molar-refractivity contribution is 0.338. The van der Waals surface area contributed by atoms with Crippen molar-refractivity contribution in [1.82, 2.24) is 10.2 Å². The van der Waals surface area contributed by atoms with Crippen LogP contribution in [0.5, 0.6) is 5.75 Å². The molecule has 4 nitrogen and oxygen atoms in total. The highest BCUT2D eigenvalue weighted by Gasteiger charge is 2.17. The molecule has 1 aliphatic rings. The second kappa shape index (κ2) is 10.4. The van der Waals surface area contributed by atoms with E-state index in [0.29, 0.717) is 12.6 Å². The van der Waals surface area contributed by atoms with Crippen molar-refractivity contribution in [1.29, 1.82) is 0 Å². The molecule has 3 rings (SSSR count). The predicted molar refractivity (Wildman–Crippen MR) is 113 cm³/mol. The fourth-order valence-electron chi connectivity index (χ4n) is 3.61. The van der Waals surface area contributed by atoms with E-state index in [4.69, 9.17) is 21.4 Å². The van der Waals surface area contributed by atoms with Crippen molar-refractivity contribution in [2.75, 3.05) is 7.11 Å². The highest BCUT2D eigenvalue weighted by molar-refractivity contribution is 7.80. The molecule has 0 unspecified atom stereocenters. The van der Waals surface area contributed by atoms with E-state index >= 15 is 0 Å². The molecule has 1 aromatic heterocycles. The van der Waals surface area contributed by atoms with Crippen LogP contribution in [-0.2, 0) is 13.1 Å². The molecule has 0 amide bonds. The van der Waals surface area contributed by atoms with Crippen molar-refractivity contribution in [2.45, 2.75) is 64.1 Å². The van der Waals surface area contributed by atoms with Crippen LogP contribution in [0, 0.1) is 0 Å². The summed E-state index contributed by atoms with van der Waals surface area (Å²) in [5.41, 5.74) is 1.20. The minimum absolute atomic E-state index is 0.479. The van der Waals surface area contributed by atoms with E-state index < -0.39 is 0 Å². The first-order valence-electron chi connectivity index (χ1n) is 9.95. The van der Waals surface area contributed by atoms with Crippen LogP contribution >= 0.6 is 12.2 Å². The topological polar surface area (TPSA) is 37.6 Å². The normalized spacial score (nSPS) is 15.6. The van der Waals surface area contributed by atoms with Gasteiger partial charge in [0.2, 0.25) is 0 Å². The van der Waals surface area contributed by atoms with Crippen molar-refractivity contribution in [3.8, 4) is 5.75 Å². The van der Waals surface area contributed by atoms with E-state index in [2.05, 4.69) is 22.3 Å². The van der Waals surface area contributed by atoms with Crippen LogP contribution in [0.1, 0.15) is 56.3 Å². The molecular weight excluding hydrogens is 356 g/mol. The SMILES string of the molecule is COc1ccc(CN(Cc2ccco2)C(=S)NC2CCCCCCC2)cc1. The summed E-state index contributed by atoms with van der Waals surface area (Å²) in [6.45, 7) is 1.40. The minimum atomic E-state index is 0.479. The lowest BCUT2D eigenvalue weighted by Crippen LogP contribution is -2.44. The third kappa shape index (κ3) is 6.28. The molecule has 2 aromatic rings. The molecule has 146 valence electrons. The number of benzene rings is 1. The van der Waals surface area contributed by atoms with Crippen LogP contribution in [0.3, 0.4) is 0 Å². The zero-order valence-electron chi connectivity index (χ0n) is 16.2. The summed E-state index contributed by atoms with van der Waals surface area (Å²) >= 11 is 5.80. The van der Waals surface area contributed by atoms with Gasteiger partial charge in [0, 0.05) is 12.6 Å². The van der Waals surface area contributed by atoms with E-state index in [1.807, 2.05) is 24.3 Å². The van der Waals surface area contributed by atoms with Crippen LogP contribution in [0.25, 0.3) is 0 Å². The molecular formula is C22H30N2O2S. The van der Waals surface area contributed by atoms with Crippen molar-refractivity contribution in [3.63, 3.8) is 0 Å². The molecule has 27 heavy (non-hydrogen) atoms. The Kier molecular flexibility index (Phi) is 7.57. The third-order valence-electron chi connectivity index (χ3n) is 5.18. The molecule has 5 heteroatoms. The lowest BCUT2D eigenvalue weighted by atomic mass is 9.97. The van der Waals surface area contributed by atoms with Crippen LogP contribution in [-0.4, -0.2) is 23.2 Å². The number of rotatable bonds is 6. The van der Waals surface area contributed by atoms with Gasteiger partial charge in [0.1, 0.15) is 11.5 Å². The van der Waals surface area contributed by atoms with Gasteiger partial charge in [0.05, 0.1) is 19.9 Å². The number of ether oxygens (including phenoxy) is 1. The summed E-state index contributed by atoms with van der Waals surface area (Å²) in [5, 5.41) is 4.45. The van der Waals surface area contributed by atoms with Gasteiger partial charge in [-0.15, -0.1) is 0 Å². The number of methoxy groups -OCH3 is 1. The second-order valence-corrected chi connectivity index (χ2v) is 7.66. The quantitative estimate of drug-likeness (QED) is 0.684. The van der Waals surface area contributed by atoms with E-state index in [0.717, 1.165) is 23.2 Å². The fourth-order valence-corrected chi connectivity index (χ4v) is 3.90. The summed E-state index contributed by atoms with van der Waals surface area (Å²) in [7, 11) is 1.69. The Bertz CT molecular complexity index is 677. The van der Waals surface area contributed by atoms with Gasteiger partial charge >= 0.3 is 0 Å². The molecule has 1 fully saturated rings. The molecule has 0 spiro atoms. The Morgan fingerprint density at radius 3 is 2.41 bits per heavy atom. The summed E-state index contributed by atoms with van der Waals surface area (Å²) in [4.78, 5) is 2.19. The number of hydrogen-bond donors (Lipinski definition) is 1. The van der Waals surface area contributed by atoms with Crippen LogP contribution in [0.2, 0.25) is 0 Å². The number of nitrogens with one attached hydrogen (secondary N) is 1. The summed E-state index contributed by atoms with van der Waals surface area (Å²) in [6, 6.07) is 12.6. The molecule has 1 heterocycles. The van der Waals surface area contributed by atoms with Gasteiger partial charge in [0.25, 0.3) is 0 Å². The first-order valence-corrected chi connectivity index (χ1v) is 10.4. The van der Waals surface area contributed by atoms with E-state index in [9.17, 15) is 0 Å². The Balaban J connectivity index is 1.66. The molecule has 1 saturated carbocycles. The largest absolute Gasteiger partial charge is 0.497 e. The predicted octanol–water partition coefficient (Wildman–Crippen LogP) is 5.28. The highest BCUT2D eigenvalue weighted by atomic mass is 32.1. The van der Waals surface area contributed by atoms with Crippen molar-refractivity contribution in [2.24, 2.45) is 0 Å². The summed E-state index contributed by atoms with van der Waals surface area (Å²) < 4.78 is 10.8. The van der Waals surface area contributed by atoms with Crippen LogP contribution < -0.4 is 10.1 Å². The van der Waals surface area contributed by atoms with Gasteiger partial charge in [-0.25, -0.2) is 0 Å². The fraction of sp³-hybridized carbons (Fsp3) is 0.500. The number of thiocarbonyl (C=S) groups is 1. The highest BCUT2D eigenvalue weighted by Crippen LogP contribution is 2.19. The first-order chi connectivity index (χ1) is 13.2. The molecule has 0 aliphatic heterocycles. The molecule has 0 bridgehead atoms. The molecule has 0 atom stereocenters. The van der Waals surface area contributed by atoms with Crippen molar-refractivity contribution >= 4 is 17.3 Å². The maximum absolute atomic E-state index is 5.80. The van der Waals surface area contributed by atoms with Gasteiger partial charge in [-0.3, -0.25) is 0 Å². The van der Waals surface area contributed by atoms with Crippen molar-refractivity contribution in [3.05, 3.63) is 54.0 Å². The zero-order chi connectivity index (χ0) is 18.9. The Labute approximate surface area is 167 Å². The maximum Gasteiger partial charge on any atom is 0.169 e. The Morgan fingerprint density at radius 2 is 1.78 bits per heavy atom. The van der Waals surface area contributed by atoms with Crippen molar-refractivity contribution < 1.29 is 9.15 Å².